The molecule has 0 bridgehead atoms. The number of morpholine rings is 1. The summed E-state index contributed by atoms with van der Waals surface area (Å²) >= 11 is 0. The number of ether oxygens (including phenoxy) is 1. The Hall–Kier alpha value is -1.46. The third kappa shape index (κ3) is 3.05. The zero-order valence-electron chi connectivity index (χ0n) is 10.2. The van der Waals surface area contributed by atoms with Gasteiger partial charge in [0.05, 0.1) is 18.3 Å². The second kappa shape index (κ2) is 5.46. The highest BCUT2D eigenvalue weighted by Crippen LogP contribution is 2.16. The molecule has 2 rings (SSSR count). The molecule has 4 nitrogen and oxygen atoms in total. The first-order valence-electron chi connectivity index (χ1n) is 5.92. The van der Waals surface area contributed by atoms with Gasteiger partial charge >= 0.3 is 5.97 Å². The number of nitrogens with zero attached hydrogens (tertiary/aromatic N) is 1. The molecule has 0 amide bonds. The Morgan fingerprint density at radius 1 is 1.61 bits per heavy atom. The van der Waals surface area contributed by atoms with Crippen molar-refractivity contribution in [1.29, 1.82) is 0 Å². The summed E-state index contributed by atoms with van der Waals surface area (Å²) in [5.74, 6) is -1.61. The zero-order valence-corrected chi connectivity index (χ0v) is 10.2. The van der Waals surface area contributed by atoms with Crippen molar-refractivity contribution in [3.05, 3.63) is 35.1 Å². The molecule has 1 fully saturated rings. The smallest absolute Gasteiger partial charge is 0.336 e. The van der Waals surface area contributed by atoms with Gasteiger partial charge in [-0.3, -0.25) is 4.90 Å². The van der Waals surface area contributed by atoms with Crippen LogP contribution in [0.25, 0.3) is 0 Å². The van der Waals surface area contributed by atoms with E-state index in [-0.39, 0.29) is 11.7 Å². The first kappa shape index (κ1) is 13.0. The van der Waals surface area contributed by atoms with Crippen molar-refractivity contribution in [2.75, 3.05) is 19.7 Å². The van der Waals surface area contributed by atoms with E-state index in [0.717, 1.165) is 19.2 Å². The van der Waals surface area contributed by atoms with Gasteiger partial charge in [0.15, 0.2) is 0 Å². The van der Waals surface area contributed by atoms with E-state index in [2.05, 4.69) is 4.90 Å². The van der Waals surface area contributed by atoms with Gasteiger partial charge in [0.2, 0.25) is 0 Å². The number of rotatable bonds is 3. The second-order valence-corrected chi connectivity index (χ2v) is 4.52. The number of hydrogen-bond donors (Lipinski definition) is 1. The van der Waals surface area contributed by atoms with Crippen LogP contribution in [-0.4, -0.2) is 41.8 Å². The van der Waals surface area contributed by atoms with Crippen molar-refractivity contribution in [3.63, 3.8) is 0 Å². The van der Waals surface area contributed by atoms with E-state index >= 15 is 0 Å². The van der Waals surface area contributed by atoms with Crippen molar-refractivity contribution in [2.24, 2.45) is 0 Å². The number of aromatic carboxylic acids is 1. The number of carboxylic acid groups (broad SMARTS) is 1. The van der Waals surface area contributed by atoms with Crippen LogP contribution in [0.4, 0.5) is 4.39 Å². The molecule has 1 aromatic rings. The van der Waals surface area contributed by atoms with Gasteiger partial charge in [-0.2, -0.15) is 0 Å². The summed E-state index contributed by atoms with van der Waals surface area (Å²) in [6.07, 6.45) is 0.146. The number of halogens is 1. The maximum atomic E-state index is 13.1. The van der Waals surface area contributed by atoms with Crippen molar-refractivity contribution in [2.45, 2.75) is 19.6 Å². The summed E-state index contributed by atoms with van der Waals surface area (Å²) in [5, 5.41) is 9.06. The zero-order chi connectivity index (χ0) is 13.1. The number of carbonyl (C=O) groups is 1. The van der Waals surface area contributed by atoms with Gasteiger partial charge in [0, 0.05) is 19.6 Å². The fraction of sp³-hybridized carbons (Fsp3) is 0.462. The van der Waals surface area contributed by atoms with Gasteiger partial charge in [-0.25, -0.2) is 9.18 Å². The summed E-state index contributed by atoms with van der Waals surface area (Å²) in [6.45, 7) is 4.66. The average Bonchev–Trinajstić information content (AvgIpc) is 2.31. The molecule has 1 N–H and O–H groups in total. The standard InChI is InChI=1S/C13H16FNO3/c1-9-7-15(4-5-18-9)8-10-2-3-11(14)6-12(10)13(16)17/h2-3,6,9H,4-5,7-8H2,1H3,(H,16,17). The van der Waals surface area contributed by atoms with E-state index < -0.39 is 11.8 Å². The van der Waals surface area contributed by atoms with Crippen molar-refractivity contribution in [3.8, 4) is 0 Å². The lowest BCUT2D eigenvalue weighted by Crippen LogP contribution is -2.40. The van der Waals surface area contributed by atoms with Crippen LogP contribution in [0.1, 0.15) is 22.8 Å². The monoisotopic (exact) mass is 253 g/mol. The minimum absolute atomic E-state index is 0.0362. The SMILES string of the molecule is CC1CN(Cc2ccc(F)cc2C(=O)O)CCO1. The summed E-state index contributed by atoms with van der Waals surface area (Å²) in [4.78, 5) is 13.2. The summed E-state index contributed by atoms with van der Waals surface area (Å²) < 4.78 is 18.5. The Balaban J connectivity index is 2.15. The lowest BCUT2D eigenvalue weighted by Gasteiger charge is -2.31. The molecule has 18 heavy (non-hydrogen) atoms. The van der Waals surface area contributed by atoms with Crippen molar-refractivity contribution < 1.29 is 19.0 Å². The first-order chi connectivity index (χ1) is 8.56. The van der Waals surface area contributed by atoms with Crippen LogP contribution in [0, 0.1) is 5.82 Å². The third-order valence-corrected chi connectivity index (χ3v) is 3.02. The molecule has 1 aliphatic heterocycles. The van der Waals surface area contributed by atoms with Crippen LogP contribution in [0.2, 0.25) is 0 Å². The lowest BCUT2D eigenvalue weighted by atomic mass is 10.1. The fourth-order valence-corrected chi connectivity index (χ4v) is 2.16. The third-order valence-electron chi connectivity index (χ3n) is 3.02. The summed E-state index contributed by atoms with van der Waals surface area (Å²) in [6, 6.07) is 3.91. The first-order valence-corrected chi connectivity index (χ1v) is 5.92. The molecule has 1 heterocycles. The second-order valence-electron chi connectivity index (χ2n) is 4.52. The molecule has 1 saturated heterocycles. The van der Waals surface area contributed by atoms with Crippen molar-refractivity contribution in [1.82, 2.24) is 4.90 Å². The van der Waals surface area contributed by atoms with Gasteiger partial charge in [-0.15, -0.1) is 0 Å². The Labute approximate surface area is 105 Å². The van der Waals surface area contributed by atoms with E-state index in [1.807, 2.05) is 6.92 Å². The lowest BCUT2D eigenvalue weighted by molar-refractivity contribution is -0.0212. The Bertz CT molecular complexity index is 450. The van der Waals surface area contributed by atoms with Gasteiger partial charge in [-0.1, -0.05) is 6.07 Å². The van der Waals surface area contributed by atoms with E-state index in [4.69, 9.17) is 9.84 Å². The Morgan fingerprint density at radius 3 is 3.06 bits per heavy atom. The fourth-order valence-electron chi connectivity index (χ4n) is 2.16. The van der Waals surface area contributed by atoms with E-state index in [1.165, 1.54) is 6.07 Å². The number of benzene rings is 1. The average molecular weight is 253 g/mol. The minimum Gasteiger partial charge on any atom is -0.478 e. The number of carboxylic acids is 1. The summed E-state index contributed by atoms with van der Waals surface area (Å²) in [7, 11) is 0. The number of hydrogen-bond acceptors (Lipinski definition) is 3. The van der Waals surface area contributed by atoms with Crippen LogP contribution in [0.5, 0.6) is 0 Å². The van der Waals surface area contributed by atoms with Crippen LogP contribution < -0.4 is 0 Å². The molecule has 0 spiro atoms. The molecule has 0 aromatic heterocycles. The molecule has 1 aliphatic rings. The maximum Gasteiger partial charge on any atom is 0.336 e. The predicted octanol–water partition coefficient (Wildman–Crippen LogP) is 1.74. The molecule has 0 saturated carbocycles. The molecular weight excluding hydrogens is 237 g/mol. The Morgan fingerprint density at radius 2 is 2.39 bits per heavy atom. The van der Waals surface area contributed by atoms with Gasteiger partial charge < -0.3 is 9.84 Å². The normalized spacial score (nSPS) is 20.9. The highest BCUT2D eigenvalue weighted by molar-refractivity contribution is 5.89. The van der Waals surface area contributed by atoms with E-state index in [9.17, 15) is 9.18 Å². The summed E-state index contributed by atoms with van der Waals surface area (Å²) in [5.41, 5.74) is 0.673. The topological polar surface area (TPSA) is 49.8 Å². The minimum atomic E-state index is -1.09. The van der Waals surface area contributed by atoms with Crippen LogP contribution in [0.15, 0.2) is 18.2 Å². The van der Waals surface area contributed by atoms with Gasteiger partial charge in [-0.05, 0) is 24.6 Å². The van der Waals surface area contributed by atoms with E-state index in [1.54, 1.807) is 6.07 Å². The maximum absolute atomic E-state index is 13.1. The molecule has 0 aliphatic carbocycles. The van der Waals surface area contributed by atoms with Gasteiger partial charge in [0.1, 0.15) is 5.82 Å². The van der Waals surface area contributed by atoms with Crippen LogP contribution >= 0.6 is 0 Å². The van der Waals surface area contributed by atoms with Crippen molar-refractivity contribution >= 4 is 5.97 Å². The highest BCUT2D eigenvalue weighted by atomic mass is 19.1. The molecule has 1 atom stereocenters. The molecule has 1 aromatic carbocycles. The largest absolute Gasteiger partial charge is 0.478 e. The van der Waals surface area contributed by atoms with Crippen LogP contribution in [-0.2, 0) is 11.3 Å². The highest BCUT2D eigenvalue weighted by Gasteiger charge is 2.19. The molecule has 0 radical (unpaired) electrons. The predicted molar refractivity (Wildman–Crippen MR) is 64.1 cm³/mol. The quantitative estimate of drug-likeness (QED) is 0.891. The molecule has 98 valence electrons. The molecular formula is C13H16FNO3. The van der Waals surface area contributed by atoms with Gasteiger partial charge in [0.25, 0.3) is 0 Å². The van der Waals surface area contributed by atoms with Crippen LogP contribution in [0.3, 0.4) is 0 Å². The Kier molecular flexibility index (Phi) is 3.93. The molecule has 1 unspecified atom stereocenters. The molecule has 5 heteroatoms. The van der Waals surface area contributed by atoms with E-state index in [0.29, 0.717) is 18.7 Å².